The van der Waals surface area contributed by atoms with Crippen molar-refractivity contribution in [2.75, 3.05) is 30.5 Å². The third-order valence-corrected chi connectivity index (χ3v) is 3.30. The predicted molar refractivity (Wildman–Crippen MR) is 73.9 cm³/mol. The number of hydrogen-bond donors (Lipinski definition) is 1. The molecule has 0 saturated heterocycles. The summed E-state index contributed by atoms with van der Waals surface area (Å²) in [7, 11) is -1.25. The van der Waals surface area contributed by atoms with E-state index in [0.29, 0.717) is 17.9 Å². The smallest absolute Gasteiger partial charge is 0.328 e. The second-order valence-corrected chi connectivity index (χ2v) is 6.43. The number of aliphatic carboxylic acids is 1. The Hall–Kier alpha value is -1.89. The summed E-state index contributed by atoms with van der Waals surface area (Å²) >= 11 is 0. The van der Waals surface area contributed by atoms with E-state index in [1.54, 1.807) is 24.1 Å². The van der Waals surface area contributed by atoms with Crippen molar-refractivity contribution in [3.63, 3.8) is 0 Å². The molecular formula is C12H16N2O4S. The van der Waals surface area contributed by atoms with Crippen LogP contribution in [0.5, 0.6) is 0 Å². The van der Waals surface area contributed by atoms with Crippen molar-refractivity contribution in [3.8, 4) is 0 Å². The lowest BCUT2D eigenvalue weighted by molar-refractivity contribution is -0.131. The molecule has 1 heterocycles. The highest BCUT2D eigenvalue weighted by atomic mass is 32.2. The van der Waals surface area contributed by atoms with E-state index in [1.807, 2.05) is 0 Å². The Kier molecular flexibility index (Phi) is 5.05. The highest BCUT2D eigenvalue weighted by molar-refractivity contribution is 7.90. The van der Waals surface area contributed by atoms with Crippen LogP contribution in [0.4, 0.5) is 5.82 Å². The second kappa shape index (κ2) is 6.33. The molecule has 1 rings (SSSR count). The summed E-state index contributed by atoms with van der Waals surface area (Å²) in [5, 5.41) is 8.49. The zero-order valence-corrected chi connectivity index (χ0v) is 11.6. The number of anilines is 1. The normalized spacial score (nSPS) is 11.7. The number of rotatable bonds is 6. The number of carboxylic acids is 1. The van der Waals surface area contributed by atoms with Gasteiger partial charge in [-0.05, 0) is 23.8 Å². The first-order chi connectivity index (χ1) is 8.78. The van der Waals surface area contributed by atoms with E-state index in [0.717, 1.165) is 6.08 Å². The number of carboxylic acid groups (broad SMARTS) is 1. The fraction of sp³-hybridized carbons (Fsp3) is 0.333. The third kappa shape index (κ3) is 6.01. The molecule has 19 heavy (non-hydrogen) atoms. The van der Waals surface area contributed by atoms with E-state index in [4.69, 9.17) is 5.11 Å². The quantitative estimate of drug-likeness (QED) is 0.772. The van der Waals surface area contributed by atoms with Crippen LogP contribution in [0.1, 0.15) is 5.56 Å². The Morgan fingerprint density at radius 1 is 1.47 bits per heavy atom. The Morgan fingerprint density at radius 3 is 2.63 bits per heavy atom. The molecule has 0 spiro atoms. The van der Waals surface area contributed by atoms with Gasteiger partial charge in [0.25, 0.3) is 0 Å². The number of hydrogen-bond acceptors (Lipinski definition) is 5. The van der Waals surface area contributed by atoms with Gasteiger partial charge in [-0.25, -0.2) is 18.2 Å². The first-order valence-electron chi connectivity index (χ1n) is 5.54. The molecule has 0 saturated carbocycles. The van der Waals surface area contributed by atoms with E-state index < -0.39 is 15.8 Å². The van der Waals surface area contributed by atoms with Gasteiger partial charge in [0.05, 0.1) is 5.75 Å². The molecule has 0 aromatic carbocycles. The number of aromatic nitrogens is 1. The fourth-order valence-corrected chi connectivity index (χ4v) is 1.91. The number of pyridine rings is 1. The van der Waals surface area contributed by atoms with Gasteiger partial charge in [-0.1, -0.05) is 0 Å². The van der Waals surface area contributed by atoms with Crippen LogP contribution < -0.4 is 4.90 Å². The minimum atomic E-state index is -3.00. The average Bonchev–Trinajstić information content (AvgIpc) is 2.33. The topological polar surface area (TPSA) is 87.6 Å². The Bertz CT molecular complexity index is 564. The van der Waals surface area contributed by atoms with Crippen molar-refractivity contribution in [2.45, 2.75) is 0 Å². The number of carbonyl (C=O) groups is 1. The molecule has 1 aromatic heterocycles. The van der Waals surface area contributed by atoms with Crippen LogP contribution in [0.15, 0.2) is 24.4 Å². The Balaban J connectivity index is 2.68. The van der Waals surface area contributed by atoms with Crippen molar-refractivity contribution >= 4 is 27.7 Å². The molecule has 0 bridgehead atoms. The summed E-state index contributed by atoms with van der Waals surface area (Å²) in [5.41, 5.74) is 0.669. The van der Waals surface area contributed by atoms with Gasteiger partial charge in [0.1, 0.15) is 15.7 Å². The predicted octanol–water partition coefficient (Wildman–Crippen LogP) is 0.660. The molecule has 6 nitrogen and oxygen atoms in total. The SMILES string of the molecule is CN(CCS(C)(=O)=O)c1ccc(/C=C/C(=O)O)cn1. The van der Waals surface area contributed by atoms with Crippen molar-refractivity contribution < 1.29 is 18.3 Å². The van der Waals surface area contributed by atoms with E-state index in [9.17, 15) is 13.2 Å². The maximum absolute atomic E-state index is 11.1. The highest BCUT2D eigenvalue weighted by Gasteiger charge is 2.07. The first-order valence-corrected chi connectivity index (χ1v) is 7.60. The lowest BCUT2D eigenvalue weighted by Gasteiger charge is -2.17. The molecule has 0 aliphatic rings. The minimum absolute atomic E-state index is 0.0614. The molecule has 7 heteroatoms. The largest absolute Gasteiger partial charge is 0.478 e. The van der Waals surface area contributed by atoms with Crippen LogP contribution in [0, 0.1) is 0 Å². The van der Waals surface area contributed by atoms with Crippen LogP contribution in [0.3, 0.4) is 0 Å². The molecule has 0 aliphatic heterocycles. The van der Waals surface area contributed by atoms with Gasteiger partial charge in [-0.3, -0.25) is 0 Å². The highest BCUT2D eigenvalue weighted by Crippen LogP contribution is 2.10. The van der Waals surface area contributed by atoms with E-state index in [2.05, 4.69) is 4.98 Å². The monoisotopic (exact) mass is 284 g/mol. The summed E-state index contributed by atoms with van der Waals surface area (Å²) in [6.45, 7) is 0.357. The lowest BCUT2D eigenvalue weighted by atomic mass is 10.2. The first kappa shape index (κ1) is 15.2. The molecule has 0 aliphatic carbocycles. The Labute approximate surface area is 112 Å². The van der Waals surface area contributed by atoms with Crippen molar-refractivity contribution in [3.05, 3.63) is 30.0 Å². The summed E-state index contributed by atoms with van der Waals surface area (Å²) in [4.78, 5) is 16.2. The van der Waals surface area contributed by atoms with Gasteiger partial charge in [-0.2, -0.15) is 0 Å². The Morgan fingerprint density at radius 2 is 2.16 bits per heavy atom. The lowest BCUT2D eigenvalue weighted by Crippen LogP contribution is -2.25. The molecule has 1 N–H and O–H groups in total. The molecule has 0 fully saturated rings. The molecular weight excluding hydrogens is 268 g/mol. The summed E-state index contributed by atoms with van der Waals surface area (Å²) in [6.07, 6.45) is 5.19. The van der Waals surface area contributed by atoms with Gasteiger partial charge in [0, 0.05) is 32.1 Å². The summed E-state index contributed by atoms with van der Waals surface area (Å²) < 4.78 is 22.1. The van der Waals surface area contributed by atoms with Gasteiger partial charge < -0.3 is 10.0 Å². The molecule has 0 atom stereocenters. The van der Waals surface area contributed by atoms with Crippen LogP contribution >= 0.6 is 0 Å². The van der Waals surface area contributed by atoms with Crippen molar-refractivity contribution in [2.24, 2.45) is 0 Å². The van der Waals surface area contributed by atoms with E-state index in [1.165, 1.54) is 18.5 Å². The van der Waals surface area contributed by atoms with Gasteiger partial charge in [-0.15, -0.1) is 0 Å². The maximum Gasteiger partial charge on any atom is 0.328 e. The molecule has 0 unspecified atom stereocenters. The fourth-order valence-electron chi connectivity index (χ4n) is 1.31. The van der Waals surface area contributed by atoms with Gasteiger partial charge in [0.2, 0.25) is 0 Å². The summed E-state index contributed by atoms with van der Waals surface area (Å²) in [5.74, 6) is -0.322. The summed E-state index contributed by atoms with van der Waals surface area (Å²) in [6, 6.07) is 3.43. The minimum Gasteiger partial charge on any atom is -0.478 e. The molecule has 104 valence electrons. The van der Waals surface area contributed by atoms with Crippen LogP contribution in [-0.4, -0.2) is 50.1 Å². The molecule has 0 amide bonds. The van der Waals surface area contributed by atoms with E-state index in [-0.39, 0.29) is 5.75 Å². The van der Waals surface area contributed by atoms with Crippen LogP contribution in [0.2, 0.25) is 0 Å². The van der Waals surface area contributed by atoms with Crippen LogP contribution in [0.25, 0.3) is 6.08 Å². The average molecular weight is 284 g/mol. The molecule has 0 radical (unpaired) electrons. The number of sulfone groups is 1. The third-order valence-electron chi connectivity index (χ3n) is 2.38. The van der Waals surface area contributed by atoms with Crippen LogP contribution in [-0.2, 0) is 14.6 Å². The molecule has 1 aromatic rings. The maximum atomic E-state index is 11.1. The van der Waals surface area contributed by atoms with Crippen molar-refractivity contribution in [1.29, 1.82) is 0 Å². The second-order valence-electron chi connectivity index (χ2n) is 4.17. The number of nitrogens with zero attached hydrogens (tertiary/aromatic N) is 2. The van der Waals surface area contributed by atoms with Crippen molar-refractivity contribution in [1.82, 2.24) is 4.98 Å². The van der Waals surface area contributed by atoms with Gasteiger partial charge >= 0.3 is 5.97 Å². The van der Waals surface area contributed by atoms with E-state index >= 15 is 0 Å². The zero-order chi connectivity index (χ0) is 14.5. The van der Waals surface area contributed by atoms with Gasteiger partial charge in [0.15, 0.2) is 0 Å². The zero-order valence-electron chi connectivity index (χ0n) is 10.8. The standard InChI is InChI=1S/C12H16N2O4S/c1-14(7-8-19(2,17)18)11-5-3-10(9-13-11)4-6-12(15)16/h3-6,9H,7-8H2,1-2H3,(H,15,16)/b6-4+.